The van der Waals surface area contributed by atoms with Gasteiger partial charge in [0.15, 0.2) is 0 Å². The molecule has 2 aromatic rings. The lowest BCUT2D eigenvalue weighted by Crippen LogP contribution is -2.25. The molecule has 0 aliphatic rings. The minimum atomic E-state index is -0.101. The molecule has 0 saturated heterocycles. The van der Waals surface area contributed by atoms with Crippen molar-refractivity contribution in [3.8, 4) is 0 Å². The summed E-state index contributed by atoms with van der Waals surface area (Å²) < 4.78 is 4.39. The number of amides is 1. The van der Waals surface area contributed by atoms with E-state index in [1.54, 1.807) is 27.8 Å². The highest BCUT2D eigenvalue weighted by molar-refractivity contribution is 9.10. The predicted octanol–water partition coefficient (Wildman–Crippen LogP) is 7.34. The first-order valence-electron chi connectivity index (χ1n) is 13.2. The summed E-state index contributed by atoms with van der Waals surface area (Å²) in [6.45, 7) is 3.48. The highest BCUT2D eigenvalue weighted by atomic mass is 79.9. The largest absolute Gasteiger partial charge is 0.351 e. The van der Waals surface area contributed by atoms with E-state index >= 15 is 0 Å². The van der Waals surface area contributed by atoms with Crippen molar-refractivity contribution in [1.29, 1.82) is 0 Å². The Kier molecular flexibility index (Phi) is 14.9. The normalized spacial score (nSPS) is 11.2. The third-order valence-electron chi connectivity index (χ3n) is 6.08. The summed E-state index contributed by atoms with van der Waals surface area (Å²) in [5.74, 6) is -0.101. The number of carbonyl (C=O) groups excluding carboxylic acids is 1. The average Bonchev–Trinajstić information content (AvgIpc) is 3.45. The van der Waals surface area contributed by atoms with E-state index in [0.717, 1.165) is 17.4 Å². The van der Waals surface area contributed by atoms with Gasteiger partial charge in [-0.25, -0.2) is 4.68 Å². The van der Waals surface area contributed by atoms with Crippen LogP contribution in [0.25, 0.3) is 0 Å². The Morgan fingerprint density at radius 1 is 0.848 bits per heavy atom. The monoisotopic (exact) mass is 521 g/mol. The van der Waals surface area contributed by atoms with Crippen molar-refractivity contribution in [3.05, 3.63) is 34.8 Å². The van der Waals surface area contributed by atoms with Crippen molar-refractivity contribution in [2.24, 2.45) is 0 Å². The third kappa shape index (κ3) is 13.0. The van der Waals surface area contributed by atoms with Crippen LogP contribution in [0.1, 0.15) is 120 Å². The van der Waals surface area contributed by atoms with Crippen LogP contribution >= 0.6 is 15.9 Å². The van der Waals surface area contributed by atoms with E-state index in [2.05, 4.69) is 38.4 Å². The zero-order valence-corrected chi connectivity index (χ0v) is 22.2. The number of carbonyl (C=O) groups is 1. The van der Waals surface area contributed by atoms with Gasteiger partial charge in [0.1, 0.15) is 12.4 Å². The Hall–Kier alpha value is -1.63. The number of unbranched alkanes of at least 4 members (excludes halogenated alkanes) is 15. The van der Waals surface area contributed by atoms with Crippen molar-refractivity contribution in [2.45, 2.75) is 116 Å². The van der Waals surface area contributed by atoms with Gasteiger partial charge in [0, 0.05) is 18.9 Å². The fraction of sp³-hybridized carbons (Fsp3) is 0.731. The van der Waals surface area contributed by atoms with Gasteiger partial charge in [-0.1, -0.05) is 103 Å². The molecule has 0 aromatic carbocycles. The van der Waals surface area contributed by atoms with E-state index in [-0.39, 0.29) is 5.91 Å². The minimum Gasteiger partial charge on any atom is -0.351 e. The third-order valence-corrected chi connectivity index (χ3v) is 6.49. The van der Waals surface area contributed by atoms with Crippen LogP contribution in [0.2, 0.25) is 0 Å². The van der Waals surface area contributed by atoms with E-state index in [4.69, 9.17) is 0 Å². The number of nitrogens with one attached hydrogen (secondary N) is 1. The molecule has 0 fully saturated rings. The van der Waals surface area contributed by atoms with Crippen LogP contribution in [0, 0.1) is 0 Å². The zero-order chi connectivity index (χ0) is 23.6. The Balaban J connectivity index is 1.37. The maximum Gasteiger partial charge on any atom is 0.271 e. The van der Waals surface area contributed by atoms with Gasteiger partial charge in [-0.3, -0.25) is 9.48 Å². The quantitative estimate of drug-likeness (QED) is 0.185. The van der Waals surface area contributed by atoms with Crippen LogP contribution in [-0.4, -0.2) is 32.0 Å². The fourth-order valence-corrected chi connectivity index (χ4v) is 4.42. The predicted molar refractivity (Wildman–Crippen MR) is 139 cm³/mol. The van der Waals surface area contributed by atoms with Crippen LogP contribution in [-0.2, 0) is 6.67 Å². The molecule has 0 aliphatic heterocycles. The van der Waals surface area contributed by atoms with Crippen LogP contribution in [0.4, 0.5) is 0 Å². The van der Waals surface area contributed by atoms with Crippen molar-refractivity contribution >= 4 is 21.8 Å². The number of aromatic nitrogens is 4. The topological polar surface area (TPSA) is 64.7 Å². The van der Waals surface area contributed by atoms with Crippen LogP contribution in [0.5, 0.6) is 0 Å². The summed E-state index contributed by atoms with van der Waals surface area (Å²) in [6.07, 6.45) is 27.1. The molecule has 6 nitrogen and oxygen atoms in total. The number of hydrogen-bond donors (Lipinski definition) is 1. The first-order valence-corrected chi connectivity index (χ1v) is 14.0. The summed E-state index contributed by atoms with van der Waals surface area (Å²) in [6, 6.07) is 1.75. The molecule has 0 saturated carbocycles. The Morgan fingerprint density at radius 3 is 1.91 bits per heavy atom. The molecule has 186 valence electrons. The molecule has 2 heterocycles. The summed E-state index contributed by atoms with van der Waals surface area (Å²) in [7, 11) is 0. The summed E-state index contributed by atoms with van der Waals surface area (Å²) >= 11 is 3.38. The molecule has 0 spiro atoms. The van der Waals surface area contributed by atoms with Gasteiger partial charge < -0.3 is 5.32 Å². The molecule has 7 heteroatoms. The first kappa shape index (κ1) is 27.6. The molecule has 0 radical (unpaired) electrons. The van der Waals surface area contributed by atoms with E-state index in [1.165, 1.54) is 96.3 Å². The van der Waals surface area contributed by atoms with Crippen LogP contribution < -0.4 is 5.32 Å². The molecular formula is C26H44BrN5O. The van der Waals surface area contributed by atoms with Gasteiger partial charge in [-0.2, -0.15) is 10.2 Å². The van der Waals surface area contributed by atoms with Gasteiger partial charge in [0.05, 0.1) is 10.7 Å². The van der Waals surface area contributed by atoms with Gasteiger partial charge in [-0.15, -0.1) is 0 Å². The van der Waals surface area contributed by atoms with Crippen molar-refractivity contribution in [3.63, 3.8) is 0 Å². The number of rotatable bonds is 20. The number of halogens is 1. The van der Waals surface area contributed by atoms with Gasteiger partial charge in [0.2, 0.25) is 0 Å². The number of nitrogens with zero attached hydrogens (tertiary/aromatic N) is 4. The lowest BCUT2D eigenvalue weighted by Gasteiger charge is -2.05. The van der Waals surface area contributed by atoms with Crippen LogP contribution in [0.15, 0.2) is 29.1 Å². The zero-order valence-electron chi connectivity index (χ0n) is 20.6. The SMILES string of the molecule is CCCCCCCCCCCCCCCCCCNC(=O)c1ccn(Cn2cc(Br)cn2)n1. The standard InChI is InChI=1S/C26H44BrN5O/c1-2-3-4-5-6-7-8-9-10-11-12-13-14-15-16-17-19-28-26(33)25-18-20-31(30-25)23-32-22-24(27)21-29-32/h18,20-22H,2-17,19,23H2,1H3,(H,28,33). The summed E-state index contributed by atoms with van der Waals surface area (Å²) in [5.41, 5.74) is 0.456. The summed E-state index contributed by atoms with van der Waals surface area (Å²) in [5, 5.41) is 11.5. The minimum absolute atomic E-state index is 0.101. The maximum atomic E-state index is 12.3. The van der Waals surface area contributed by atoms with Gasteiger partial charge in [0.25, 0.3) is 5.91 Å². The molecule has 0 atom stereocenters. The molecule has 2 aromatic heterocycles. The second-order valence-corrected chi connectivity index (χ2v) is 10.1. The van der Waals surface area contributed by atoms with E-state index in [9.17, 15) is 4.79 Å². The molecule has 1 amide bonds. The average molecular weight is 523 g/mol. The highest BCUT2D eigenvalue weighted by Gasteiger charge is 2.09. The van der Waals surface area contributed by atoms with E-state index < -0.39 is 0 Å². The second kappa shape index (κ2) is 17.8. The smallest absolute Gasteiger partial charge is 0.271 e. The lowest BCUT2D eigenvalue weighted by atomic mass is 10.0. The Labute approximate surface area is 209 Å². The Bertz CT molecular complexity index is 757. The highest BCUT2D eigenvalue weighted by Crippen LogP contribution is 2.13. The molecule has 0 unspecified atom stereocenters. The Morgan fingerprint density at radius 2 is 1.39 bits per heavy atom. The van der Waals surface area contributed by atoms with E-state index in [1.807, 2.05) is 6.20 Å². The molecule has 33 heavy (non-hydrogen) atoms. The molecule has 2 rings (SSSR count). The first-order chi connectivity index (χ1) is 16.2. The van der Waals surface area contributed by atoms with Gasteiger partial charge in [-0.05, 0) is 28.4 Å². The van der Waals surface area contributed by atoms with Gasteiger partial charge >= 0.3 is 0 Å². The van der Waals surface area contributed by atoms with Crippen molar-refractivity contribution in [2.75, 3.05) is 6.54 Å². The fourth-order valence-electron chi connectivity index (χ4n) is 4.09. The summed E-state index contributed by atoms with van der Waals surface area (Å²) in [4.78, 5) is 12.3. The molecule has 1 N–H and O–H groups in total. The number of hydrogen-bond acceptors (Lipinski definition) is 3. The molecule has 0 bridgehead atoms. The van der Waals surface area contributed by atoms with Crippen molar-refractivity contribution in [1.82, 2.24) is 24.9 Å². The molecule has 0 aliphatic carbocycles. The molecular weight excluding hydrogens is 478 g/mol. The lowest BCUT2D eigenvalue weighted by molar-refractivity contribution is 0.0947. The van der Waals surface area contributed by atoms with E-state index in [0.29, 0.717) is 12.4 Å². The van der Waals surface area contributed by atoms with Crippen LogP contribution in [0.3, 0.4) is 0 Å². The van der Waals surface area contributed by atoms with Crippen molar-refractivity contribution < 1.29 is 4.79 Å². The maximum absolute atomic E-state index is 12.3. The second-order valence-electron chi connectivity index (χ2n) is 9.14.